The number of aromatic hydroxyl groups is 1. The van der Waals surface area contributed by atoms with E-state index >= 15 is 0 Å². The van der Waals surface area contributed by atoms with E-state index in [1.54, 1.807) is 6.07 Å². The number of carbonyl (C=O) groups excluding carboxylic acids is 1. The van der Waals surface area contributed by atoms with Gasteiger partial charge >= 0.3 is 5.97 Å². The van der Waals surface area contributed by atoms with E-state index in [1.165, 1.54) is 12.4 Å². The van der Waals surface area contributed by atoms with Gasteiger partial charge in [0.2, 0.25) is 0 Å². The van der Waals surface area contributed by atoms with Crippen molar-refractivity contribution in [1.29, 1.82) is 0 Å². The monoisotopic (exact) mass is 337 g/mol. The minimum absolute atomic E-state index is 0.0321. The van der Waals surface area contributed by atoms with Crippen LogP contribution in [0.1, 0.15) is 21.5 Å². The largest absolute Gasteiger partial charge is 0.507 e. The topological polar surface area (TPSA) is 115 Å². The molecule has 4 N–H and O–H groups in total. The number of nitrogens with zero attached hydrogens (tertiary/aromatic N) is 1. The number of carboxylic acid groups (broad SMARTS) is 1. The molecule has 0 spiro atoms. The highest BCUT2D eigenvalue weighted by Gasteiger charge is 2.45. The van der Waals surface area contributed by atoms with E-state index in [-0.39, 0.29) is 24.2 Å². The van der Waals surface area contributed by atoms with Crippen LogP contribution in [0.5, 0.6) is 5.75 Å². The van der Waals surface area contributed by atoms with Crippen LogP contribution < -0.4 is 5.32 Å². The van der Waals surface area contributed by atoms with E-state index < -0.39 is 17.4 Å². The average Bonchev–Trinajstić information content (AvgIpc) is 3.18. The number of amides is 1. The van der Waals surface area contributed by atoms with Crippen LogP contribution in [0.2, 0.25) is 0 Å². The lowest BCUT2D eigenvalue weighted by Crippen LogP contribution is -2.55. The number of benzene rings is 2. The number of aromatic nitrogens is 2. The maximum absolute atomic E-state index is 12.8. The zero-order valence-corrected chi connectivity index (χ0v) is 13.1. The van der Waals surface area contributed by atoms with E-state index in [2.05, 4.69) is 15.3 Å². The van der Waals surface area contributed by atoms with Crippen LogP contribution in [0.15, 0.2) is 42.7 Å². The fourth-order valence-corrected chi connectivity index (χ4v) is 3.41. The molecule has 0 fully saturated rings. The maximum atomic E-state index is 12.8. The number of aliphatic carboxylic acids is 1. The Kier molecular flexibility index (Phi) is 3.24. The Balaban J connectivity index is 1.73. The molecule has 7 nitrogen and oxygen atoms in total. The van der Waals surface area contributed by atoms with E-state index in [9.17, 15) is 19.8 Å². The lowest BCUT2D eigenvalue weighted by Gasteiger charge is -2.25. The number of hydrogen-bond acceptors (Lipinski definition) is 4. The van der Waals surface area contributed by atoms with Crippen LogP contribution in [0, 0.1) is 0 Å². The second-order valence-corrected chi connectivity index (χ2v) is 6.22. The lowest BCUT2D eigenvalue weighted by atomic mass is 9.95. The number of hydrogen-bond donors (Lipinski definition) is 4. The van der Waals surface area contributed by atoms with Crippen molar-refractivity contribution in [3.8, 4) is 5.75 Å². The summed E-state index contributed by atoms with van der Waals surface area (Å²) in [5, 5.41) is 22.5. The fourth-order valence-electron chi connectivity index (χ4n) is 3.41. The summed E-state index contributed by atoms with van der Waals surface area (Å²) in [5.41, 5.74) is 1.21. The Morgan fingerprint density at radius 3 is 2.44 bits per heavy atom. The number of aromatic amines is 1. The molecule has 1 aliphatic rings. The predicted octanol–water partition coefficient (Wildman–Crippen LogP) is 1.62. The normalized spacial score (nSPS) is 15.0. The highest BCUT2D eigenvalue weighted by molar-refractivity contribution is 6.08. The molecule has 0 saturated heterocycles. The second-order valence-electron chi connectivity index (χ2n) is 6.22. The van der Waals surface area contributed by atoms with Gasteiger partial charge < -0.3 is 20.5 Å². The molecule has 0 unspecified atom stereocenters. The van der Waals surface area contributed by atoms with Gasteiger partial charge in [0.1, 0.15) is 22.4 Å². The third-order valence-electron chi connectivity index (χ3n) is 4.66. The third-order valence-corrected chi connectivity index (χ3v) is 4.66. The molecule has 1 heterocycles. The van der Waals surface area contributed by atoms with E-state index in [4.69, 9.17) is 0 Å². The molecular formula is C18H15N3O4. The summed E-state index contributed by atoms with van der Waals surface area (Å²) in [6.07, 6.45) is 1.81. The van der Waals surface area contributed by atoms with Gasteiger partial charge in [-0.3, -0.25) is 4.79 Å². The van der Waals surface area contributed by atoms with Crippen LogP contribution in [-0.2, 0) is 17.6 Å². The smallest absolute Gasteiger partial charge is 0.330 e. The van der Waals surface area contributed by atoms with Crippen molar-refractivity contribution in [3.05, 3.63) is 59.4 Å². The summed E-state index contributed by atoms with van der Waals surface area (Å²) in [6, 6.07) is 10.4. The number of nitrogens with one attached hydrogen (secondary N) is 2. The van der Waals surface area contributed by atoms with Crippen LogP contribution in [-0.4, -0.2) is 37.6 Å². The molecule has 3 aromatic rings. The highest BCUT2D eigenvalue weighted by Crippen LogP contribution is 2.32. The van der Waals surface area contributed by atoms with Crippen LogP contribution in [0.25, 0.3) is 11.0 Å². The fraction of sp³-hybridized carbons (Fsp3) is 0.167. The Morgan fingerprint density at radius 2 is 1.80 bits per heavy atom. The Bertz CT molecular complexity index is 983. The SMILES string of the molecule is O=C(NC1(C(=O)O)Cc2ccccc2C1)c1c(O)ccc2[nH]cnc12. The quantitative estimate of drug-likeness (QED) is 0.580. The number of H-pyrrole nitrogens is 1. The van der Waals surface area contributed by atoms with E-state index in [0.29, 0.717) is 11.0 Å². The van der Waals surface area contributed by atoms with Crippen molar-refractivity contribution in [2.24, 2.45) is 0 Å². The summed E-state index contributed by atoms with van der Waals surface area (Å²) in [6.45, 7) is 0. The van der Waals surface area contributed by atoms with Crippen molar-refractivity contribution >= 4 is 22.9 Å². The molecule has 1 amide bonds. The van der Waals surface area contributed by atoms with Crippen molar-refractivity contribution in [1.82, 2.24) is 15.3 Å². The predicted molar refractivity (Wildman–Crippen MR) is 89.4 cm³/mol. The number of fused-ring (bicyclic) bond motifs is 2. The molecule has 0 saturated carbocycles. The molecular weight excluding hydrogens is 322 g/mol. The number of rotatable bonds is 3. The summed E-state index contributed by atoms with van der Waals surface area (Å²) < 4.78 is 0. The van der Waals surface area contributed by atoms with Gasteiger partial charge in [0.25, 0.3) is 5.91 Å². The molecule has 126 valence electrons. The molecule has 0 radical (unpaired) electrons. The molecule has 7 heteroatoms. The van der Waals surface area contributed by atoms with Gasteiger partial charge in [-0.25, -0.2) is 9.78 Å². The average molecular weight is 337 g/mol. The molecule has 4 rings (SSSR count). The zero-order chi connectivity index (χ0) is 17.6. The first-order valence-electron chi connectivity index (χ1n) is 7.78. The van der Waals surface area contributed by atoms with Crippen molar-refractivity contribution in [2.75, 3.05) is 0 Å². The summed E-state index contributed by atoms with van der Waals surface area (Å²) >= 11 is 0. The van der Waals surface area contributed by atoms with Crippen LogP contribution >= 0.6 is 0 Å². The van der Waals surface area contributed by atoms with Crippen LogP contribution in [0.4, 0.5) is 0 Å². The first kappa shape index (κ1) is 15.2. The number of carbonyl (C=O) groups is 2. The minimum atomic E-state index is -1.44. The van der Waals surface area contributed by atoms with Crippen molar-refractivity contribution in [2.45, 2.75) is 18.4 Å². The molecule has 25 heavy (non-hydrogen) atoms. The Labute approximate surface area is 142 Å². The number of phenols is 1. The van der Waals surface area contributed by atoms with Crippen molar-refractivity contribution < 1.29 is 19.8 Å². The van der Waals surface area contributed by atoms with Gasteiger partial charge in [-0.2, -0.15) is 0 Å². The standard InChI is InChI=1S/C18H15N3O4/c22-13-6-5-12-15(20-9-19-12)14(13)16(23)21-18(17(24)25)7-10-3-1-2-4-11(10)8-18/h1-6,9,22H,7-8H2,(H,19,20)(H,21,23)(H,24,25). The summed E-state index contributed by atoms with van der Waals surface area (Å²) in [7, 11) is 0. The van der Waals surface area contributed by atoms with Gasteiger partial charge in [0.05, 0.1) is 11.8 Å². The van der Waals surface area contributed by atoms with Gasteiger partial charge in [0.15, 0.2) is 0 Å². The third kappa shape index (κ3) is 2.32. The first-order chi connectivity index (χ1) is 12.0. The van der Waals surface area contributed by atoms with Gasteiger partial charge in [-0.1, -0.05) is 24.3 Å². The second kappa shape index (κ2) is 5.34. The first-order valence-corrected chi connectivity index (χ1v) is 7.78. The Hall–Kier alpha value is -3.35. The molecule has 1 aromatic heterocycles. The van der Waals surface area contributed by atoms with Gasteiger partial charge in [-0.05, 0) is 23.3 Å². The van der Waals surface area contributed by atoms with Crippen LogP contribution in [0.3, 0.4) is 0 Å². The van der Waals surface area contributed by atoms with Crippen molar-refractivity contribution in [3.63, 3.8) is 0 Å². The number of carboxylic acids is 1. The molecule has 1 aliphatic carbocycles. The summed E-state index contributed by atoms with van der Waals surface area (Å²) in [5.74, 6) is -2.01. The minimum Gasteiger partial charge on any atom is -0.507 e. The number of imidazole rings is 1. The van der Waals surface area contributed by atoms with Gasteiger partial charge in [-0.15, -0.1) is 0 Å². The Morgan fingerprint density at radius 1 is 1.12 bits per heavy atom. The summed E-state index contributed by atoms with van der Waals surface area (Å²) in [4.78, 5) is 31.7. The number of phenolic OH excluding ortho intramolecular Hbond substituents is 1. The lowest BCUT2D eigenvalue weighted by molar-refractivity contribution is -0.144. The highest BCUT2D eigenvalue weighted by atomic mass is 16.4. The molecule has 0 atom stereocenters. The molecule has 0 aliphatic heterocycles. The molecule has 0 bridgehead atoms. The maximum Gasteiger partial charge on any atom is 0.330 e. The van der Waals surface area contributed by atoms with E-state index in [1.807, 2.05) is 24.3 Å². The van der Waals surface area contributed by atoms with Gasteiger partial charge in [0, 0.05) is 12.8 Å². The molecule has 2 aromatic carbocycles. The zero-order valence-electron chi connectivity index (χ0n) is 13.1. The van der Waals surface area contributed by atoms with E-state index in [0.717, 1.165) is 11.1 Å².